The van der Waals surface area contributed by atoms with Crippen molar-refractivity contribution in [3.8, 4) is 11.3 Å². The lowest BCUT2D eigenvalue weighted by Gasteiger charge is -2.18. The van der Waals surface area contributed by atoms with Crippen molar-refractivity contribution in [1.29, 1.82) is 0 Å². The molecular formula is C21H21FN6O2. The summed E-state index contributed by atoms with van der Waals surface area (Å²) in [6.45, 7) is 2.23. The van der Waals surface area contributed by atoms with Crippen molar-refractivity contribution in [2.24, 2.45) is 12.8 Å². The molecule has 0 atom stereocenters. The van der Waals surface area contributed by atoms with Crippen LogP contribution in [0.1, 0.15) is 27.3 Å². The Balaban J connectivity index is 1.68. The number of aryl methyl sites for hydroxylation is 2. The van der Waals surface area contributed by atoms with Crippen molar-refractivity contribution in [3.05, 3.63) is 58.7 Å². The highest BCUT2D eigenvalue weighted by Gasteiger charge is 2.31. The summed E-state index contributed by atoms with van der Waals surface area (Å²) in [6.07, 6.45) is 0.489. The van der Waals surface area contributed by atoms with Gasteiger partial charge in [0, 0.05) is 41.8 Å². The largest absolute Gasteiger partial charge is 0.383 e. The first-order valence-corrected chi connectivity index (χ1v) is 9.45. The molecule has 0 spiro atoms. The highest BCUT2D eigenvalue weighted by atomic mass is 19.1. The Morgan fingerprint density at radius 1 is 1.23 bits per heavy atom. The second kappa shape index (κ2) is 7.25. The SMILES string of the molecule is Cc1cccc(CC(=O)N2CCc3c2ccc(-c2nn(C)c(N)c2C(N)=O)c3F)n1. The van der Waals surface area contributed by atoms with Crippen molar-refractivity contribution >= 4 is 23.3 Å². The number of rotatable bonds is 4. The molecule has 4 rings (SSSR count). The second-order valence-corrected chi connectivity index (χ2v) is 7.26. The molecule has 9 heteroatoms. The number of carbonyl (C=O) groups excluding carboxylic acids is 2. The summed E-state index contributed by atoms with van der Waals surface area (Å²) in [4.78, 5) is 30.6. The number of hydrogen-bond acceptors (Lipinski definition) is 5. The summed E-state index contributed by atoms with van der Waals surface area (Å²) in [6, 6.07) is 8.67. The third kappa shape index (κ3) is 3.18. The van der Waals surface area contributed by atoms with E-state index < -0.39 is 11.7 Å². The number of hydrogen-bond donors (Lipinski definition) is 2. The number of benzene rings is 1. The van der Waals surface area contributed by atoms with Crippen molar-refractivity contribution in [2.75, 3.05) is 17.2 Å². The van der Waals surface area contributed by atoms with Gasteiger partial charge in [-0.1, -0.05) is 6.07 Å². The molecule has 1 aliphatic rings. The van der Waals surface area contributed by atoms with E-state index in [1.54, 1.807) is 24.1 Å². The van der Waals surface area contributed by atoms with Gasteiger partial charge in [0.15, 0.2) is 0 Å². The molecule has 30 heavy (non-hydrogen) atoms. The Bertz CT molecular complexity index is 1190. The number of amides is 2. The first kappa shape index (κ1) is 19.6. The van der Waals surface area contributed by atoms with E-state index in [-0.39, 0.29) is 35.0 Å². The van der Waals surface area contributed by atoms with Crippen molar-refractivity contribution < 1.29 is 14.0 Å². The summed E-state index contributed by atoms with van der Waals surface area (Å²) in [7, 11) is 1.55. The fourth-order valence-electron chi connectivity index (χ4n) is 3.80. The summed E-state index contributed by atoms with van der Waals surface area (Å²) >= 11 is 0. The molecule has 4 N–H and O–H groups in total. The van der Waals surface area contributed by atoms with Crippen molar-refractivity contribution in [3.63, 3.8) is 0 Å². The van der Waals surface area contributed by atoms with Crippen LogP contribution in [0, 0.1) is 12.7 Å². The zero-order valence-corrected chi connectivity index (χ0v) is 16.6. The van der Waals surface area contributed by atoms with E-state index in [1.165, 1.54) is 10.7 Å². The van der Waals surface area contributed by atoms with E-state index in [4.69, 9.17) is 11.5 Å². The molecule has 2 amide bonds. The van der Waals surface area contributed by atoms with E-state index in [9.17, 15) is 9.59 Å². The normalized spacial score (nSPS) is 12.8. The van der Waals surface area contributed by atoms with Crippen LogP contribution in [0.25, 0.3) is 11.3 Å². The van der Waals surface area contributed by atoms with Crippen LogP contribution in [0.5, 0.6) is 0 Å². The molecular weight excluding hydrogens is 387 g/mol. The topological polar surface area (TPSA) is 120 Å². The van der Waals surface area contributed by atoms with Gasteiger partial charge in [-0.15, -0.1) is 0 Å². The summed E-state index contributed by atoms with van der Waals surface area (Å²) < 4.78 is 16.7. The predicted octanol–water partition coefficient (Wildman–Crippen LogP) is 1.74. The van der Waals surface area contributed by atoms with Gasteiger partial charge in [-0.05, 0) is 37.6 Å². The Morgan fingerprint density at radius 2 is 2.00 bits per heavy atom. The highest BCUT2D eigenvalue weighted by Crippen LogP contribution is 2.37. The van der Waals surface area contributed by atoms with Crippen LogP contribution in [-0.2, 0) is 24.7 Å². The van der Waals surface area contributed by atoms with Gasteiger partial charge in [0.1, 0.15) is 22.9 Å². The van der Waals surface area contributed by atoms with Crippen LogP contribution in [0.3, 0.4) is 0 Å². The zero-order valence-electron chi connectivity index (χ0n) is 16.6. The molecule has 3 aromatic rings. The number of fused-ring (bicyclic) bond motifs is 1. The molecule has 0 unspecified atom stereocenters. The van der Waals surface area contributed by atoms with Gasteiger partial charge in [-0.3, -0.25) is 19.3 Å². The lowest BCUT2D eigenvalue weighted by atomic mass is 10.0. The number of anilines is 2. The van der Waals surface area contributed by atoms with Gasteiger partial charge in [0.25, 0.3) is 5.91 Å². The average molecular weight is 408 g/mol. The van der Waals surface area contributed by atoms with E-state index in [0.29, 0.717) is 29.9 Å². The maximum Gasteiger partial charge on any atom is 0.254 e. The number of halogens is 1. The quantitative estimate of drug-likeness (QED) is 0.681. The Hall–Kier alpha value is -3.75. The Kier molecular flexibility index (Phi) is 4.73. The van der Waals surface area contributed by atoms with Crippen LogP contribution >= 0.6 is 0 Å². The lowest BCUT2D eigenvalue weighted by Crippen LogP contribution is -2.30. The fourth-order valence-corrected chi connectivity index (χ4v) is 3.80. The minimum atomic E-state index is -0.780. The van der Waals surface area contributed by atoms with Crippen molar-refractivity contribution in [1.82, 2.24) is 14.8 Å². The lowest BCUT2D eigenvalue weighted by molar-refractivity contribution is -0.117. The van der Waals surface area contributed by atoms with E-state index in [2.05, 4.69) is 10.1 Å². The number of nitrogen functional groups attached to an aromatic ring is 1. The molecule has 2 aromatic heterocycles. The molecule has 1 aliphatic heterocycles. The van der Waals surface area contributed by atoms with Crippen molar-refractivity contribution in [2.45, 2.75) is 19.8 Å². The van der Waals surface area contributed by atoms with Crippen LogP contribution in [0.15, 0.2) is 30.3 Å². The number of aromatic nitrogens is 3. The Morgan fingerprint density at radius 3 is 2.70 bits per heavy atom. The van der Waals surface area contributed by atoms with E-state index in [1.807, 2.05) is 19.1 Å². The fraction of sp³-hybridized carbons (Fsp3) is 0.238. The van der Waals surface area contributed by atoms with E-state index >= 15 is 4.39 Å². The summed E-state index contributed by atoms with van der Waals surface area (Å²) in [5.41, 5.74) is 13.9. The smallest absolute Gasteiger partial charge is 0.254 e. The molecule has 0 fully saturated rings. The Labute approximate surface area is 172 Å². The number of pyridine rings is 1. The van der Waals surface area contributed by atoms with Crippen LogP contribution in [0.4, 0.5) is 15.9 Å². The third-order valence-corrected chi connectivity index (χ3v) is 5.27. The number of nitrogens with two attached hydrogens (primary N) is 2. The number of primary amides is 1. The molecule has 0 radical (unpaired) electrons. The average Bonchev–Trinajstić information content (AvgIpc) is 3.24. The third-order valence-electron chi connectivity index (χ3n) is 5.27. The van der Waals surface area contributed by atoms with Gasteiger partial charge < -0.3 is 16.4 Å². The van der Waals surface area contributed by atoms with Gasteiger partial charge in [0.2, 0.25) is 5.91 Å². The monoisotopic (exact) mass is 408 g/mol. The number of carbonyl (C=O) groups is 2. The molecule has 1 aromatic carbocycles. The van der Waals surface area contributed by atoms with E-state index in [0.717, 1.165) is 5.69 Å². The molecule has 0 saturated carbocycles. The summed E-state index contributed by atoms with van der Waals surface area (Å²) in [5.74, 6) is -1.39. The minimum absolute atomic E-state index is 0.0206. The van der Waals surface area contributed by atoms with Crippen LogP contribution in [-0.4, -0.2) is 33.1 Å². The highest BCUT2D eigenvalue weighted by molar-refractivity contribution is 6.04. The summed E-state index contributed by atoms with van der Waals surface area (Å²) in [5, 5.41) is 4.17. The number of nitrogens with zero attached hydrogens (tertiary/aromatic N) is 4. The second-order valence-electron chi connectivity index (χ2n) is 7.26. The maximum absolute atomic E-state index is 15.4. The zero-order chi connectivity index (χ0) is 21.6. The molecule has 0 saturated heterocycles. The minimum Gasteiger partial charge on any atom is -0.383 e. The molecule has 0 aliphatic carbocycles. The van der Waals surface area contributed by atoms with Gasteiger partial charge >= 0.3 is 0 Å². The molecule has 3 heterocycles. The standard InChI is InChI=1S/C21H21FN6O2/c1-11-4-3-5-12(25-11)10-16(29)28-9-8-13-15(28)7-6-14(18(13)22)19-17(21(24)30)20(23)27(2)26-19/h3-7H,8-10,23H2,1-2H3,(H2,24,30). The van der Waals surface area contributed by atoms with Gasteiger partial charge in [0.05, 0.1) is 6.42 Å². The molecule has 154 valence electrons. The van der Waals surface area contributed by atoms with Gasteiger partial charge in [-0.2, -0.15) is 5.10 Å². The first-order valence-electron chi connectivity index (χ1n) is 9.45. The van der Waals surface area contributed by atoms with Crippen LogP contribution in [0.2, 0.25) is 0 Å². The van der Waals surface area contributed by atoms with Crippen LogP contribution < -0.4 is 16.4 Å². The molecule has 8 nitrogen and oxygen atoms in total. The predicted molar refractivity (Wildman–Crippen MR) is 110 cm³/mol. The van der Waals surface area contributed by atoms with Gasteiger partial charge in [-0.25, -0.2) is 4.39 Å². The maximum atomic E-state index is 15.4. The first-order chi connectivity index (χ1) is 14.3. The molecule has 0 bridgehead atoms.